The monoisotopic (exact) mass is 347 g/mol. The predicted octanol–water partition coefficient (Wildman–Crippen LogP) is 2.26. The van der Waals surface area contributed by atoms with Crippen molar-refractivity contribution in [2.45, 2.75) is 32.9 Å². The number of piperidine rings is 1. The van der Waals surface area contributed by atoms with Crippen LogP contribution in [-0.4, -0.2) is 59.6 Å². The Morgan fingerprint density at radius 3 is 2.64 bits per heavy atom. The van der Waals surface area contributed by atoms with Gasteiger partial charge >= 0.3 is 12.0 Å². The number of benzene rings is 1. The molecular weight excluding hydrogens is 318 g/mol. The maximum atomic E-state index is 12.5. The van der Waals surface area contributed by atoms with E-state index in [2.05, 4.69) is 22.3 Å². The third-order valence-electron chi connectivity index (χ3n) is 4.55. The van der Waals surface area contributed by atoms with Crippen LogP contribution in [0.3, 0.4) is 0 Å². The van der Waals surface area contributed by atoms with Gasteiger partial charge in [0.15, 0.2) is 0 Å². The standard InChI is InChI=1S/C19H29N3O3/c1-14-9-17(18(23)24)13-22(10-14)19(25)20-15(2)11-21(3)12-16-7-5-4-6-8-16/h4-8,14-15,17H,9-13H2,1-3H3,(H,20,25)(H,23,24)/t14?,15-,17?/m1/s1. The average molecular weight is 347 g/mol. The van der Waals surface area contributed by atoms with Gasteiger partial charge in [-0.3, -0.25) is 4.79 Å². The molecule has 138 valence electrons. The van der Waals surface area contributed by atoms with Crippen molar-refractivity contribution in [3.63, 3.8) is 0 Å². The number of carboxylic acids is 1. The van der Waals surface area contributed by atoms with Gasteiger partial charge in [0.25, 0.3) is 0 Å². The summed E-state index contributed by atoms with van der Waals surface area (Å²) in [5, 5.41) is 12.2. The van der Waals surface area contributed by atoms with Gasteiger partial charge < -0.3 is 20.2 Å². The van der Waals surface area contributed by atoms with Crippen molar-refractivity contribution in [1.29, 1.82) is 0 Å². The number of likely N-dealkylation sites (tertiary alicyclic amines) is 1. The molecule has 0 aromatic heterocycles. The van der Waals surface area contributed by atoms with Gasteiger partial charge in [0, 0.05) is 32.2 Å². The summed E-state index contributed by atoms with van der Waals surface area (Å²) in [6.45, 7) is 6.42. The highest BCUT2D eigenvalue weighted by atomic mass is 16.4. The second-order valence-electron chi connectivity index (χ2n) is 7.31. The molecule has 0 spiro atoms. The molecule has 0 aliphatic carbocycles. The summed E-state index contributed by atoms with van der Waals surface area (Å²) >= 11 is 0. The van der Waals surface area contributed by atoms with Gasteiger partial charge in [-0.25, -0.2) is 4.79 Å². The van der Waals surface area contributed by atoms with Gasteiger partial charge in [-0.2, -0.15) is 0 Å². The van der Waals surface area contributed by atoms with E-state index < -0.39 is 11.9 Å². The molecule has 1 saturated heterocycles. The zero-order valence-electron chi connectivity index (χ0n) is 15.3. The third kappa shape index (κ3) is 6.05. The molecule has 0 radical (unpaired) electrons. The Labute approximate surface area is 149 Å². The smallest absolute Gasteiger partial charge is 0.317 e. The largest absolute Gasteiger partial charge is 0.481 e. The van der Waals surface area contributed by atoms with E-state index in [1.807, 2.05) is 39.1 Å². The molecule has 1 heterocycles. The molecule has 6 heteroatoms. The molecule has 6 nitrogen and oxygen atoms in total. The molecule has 0 saturated carbocycles. The summed E-state index contributed by atoms with van der Waals surface area (Å²) in [5.74, 6) is -1.08. The fraction of sp³-hybridized carbons (Fsp3) is 0.579. The number of hydrogen-bond acceptors (Lipinski definition) is 3. The number of carbonyl (C=O) groups excluding carboxylic acids is 1. The number of urea groups is 1. The number of likely N-dealkylation sites (N-methyl/N-ethyl adjacent to an activating group) is 1. The van der Waals surface area contributed by atoms with Crippen molar-refractivity contribution >= 4 is 12.0 Å². The average Bonchev–Trinajstić information content (AvgIpc) is 2.54. The summed E-state index contributed by atoms with van der Waals surface area (Å²) in [6, 6.07) is 10.0. The van der Waals surface area contributed by atoms with Crippen LogP contribution in [-0.2, 0) is 11.3 Å². The number of aliphatic carboxylic acids is 1. The molecule has 1 aromatic carbocycles. The van der Waals surface area contributed by atoms with E-state index in [1.165, 1.54) is 5.56 Å². The lowest BCUT2D eigenvalue weighted by atomic mass is 9.91. The molecule has 2 unspecified atom stereocenters. The Hall–Kier alpha value is -2.08. The molecule has 1 aliphatic rings. The summed E-state index contributed by atoms with van der Waals surface area (Å²) in [6.07, 6.45) is 0.633. The lowest BCUT2D eigenvalue weighted by Crippen LogP contribution is -2.52. The first-order chi connectivity index (χ1) is 11.8. The normalized spacial score (nSPS) is 21.8. The quantitative estimate of drug-likeness (QED) is 0.828. The van der Waals surface area contributed by atoms with E-state index in [1.54, 1.807) is 4.90 Å². The minimum Gasteiger partial charge on any atom is -0.481 e. The highest BCUT2D eigenvalue weighted by Gasteiger charge is 2.32. The molecule has 2 N–H and O–H groups in total. The van der Waals surface area contributed by atoms with Crippen LogP contribution in [0.5, 0.6) is 0 Å². The van der Waals surface area contributed by atoms with E-state index in [0.29, 0.717) is 13.0 Å². The van der Waals surface area contributed by atoms with E-state index in [4.69, 9.17) is 0 Å². The number of hydrogen-bond donors (Lipinski definition) is 2. The Kier molecular flexibility index (Phi) is 6.82. The SMILES string of the molecule is CC1CC(C(=O)O)CN(C(=O)N[C@H](C)CN(C)Cc2ccccc2)C1. The molecular formula is C19H29N3O3. The maximum absolute atomic E-state index is 12.5. The fourth-order valence-corrected chi connectivity index (χ4v) is 3.47. The van der Waals surface area contributed by atoms with Crippen LogP contribution in [0.25, 0.3) is 0 Å². The number of carbonyl (C=O) groups is 2. The Bertz CT molecular complexity index is 579. The van der Waals surface area contributed by atoms with Crippen LogP contribution in [0, 0.1) is 11.8 Å². The lowest BCUT2D eigenvalue weighted by molar-refractivity contribution is -0.143. The molecule has 25 heavy (non-hydrogen) atoms. The van der Waals surface area contributed by atoms with Crippen LogP contribution in [0.15, 0.2) is 30.3 Å². The van der Waals surface area contributed by atoms with Gasteiger partial charge in [-0.15, -0.1) is 0 Å². The van der Waals surface area contributed by atoms with Gasteiger partial charge in [0.1, 0.15) is 0 Å². The van der Waals surface area contributed by atoms with Gasteiger partial charge in [0.2, 0.25) is 0 Å². The molecule has 1 aromatic rings. The maximum Gasteiger partial charge on any atom is 0.317 e. The minimum atomic E-state index is -0.819. The molecule has 0 bridgehead atoms. The van der Waals surface area contributed by atoms with Crippen molar-refractivity contribution < 1.29 is 14.7 Å². The second kappa shape index (κ2) is 8.85. The fourth-order valence-electron chi connectivity index (χ4n) is 3.47. The Balaban J connectivity index is 1.81. The first-order valence-electron chi connectivity index (χ1n) is 8.86. The molecule has 2 rings (SSSR count). The summed E-state index contributed by atoms with van der Waals surface area (Å²) in [7, 11) is 2.03. The second-order valence-corrected chi connectivity index (χ2v) is 7.31. The first-order valence-corrected chi connectivity index (χ1v) is 8.86. The summed E-state index contributed by atoms with van der Waals surface area (Å²) in [5.41, 5.74) is 1.23. The zero-order valence-corrected chi connectivity index (χ0v) is 15.3. The summed E-state index contributed by atoms with van der Waals surface area (Å²) in [4.78, 5) is 27.5. The van der Waals surface area contributed by atoms with Crippen molar-refractivity contribution in [3.8, 4) is 0 Å². The minimum absolute atomic E-state index is 0.0123. The van der Waals surface area contributed by atoms with Crippen LogP contribution in [0.4, 0.5) is 4.79 Å². The van der Waals surface area contributed by atoms with Crippen LogP contribution >= 0.6 is 0 Å². The van der Waals surface area contributed by atoms with E-state index in [-0.39, 0.29) is 24.5 Å². The number of carboxylic acid groups (broad SMARTS) is 1. The molecule has 2 amide bonds. The van der Waals surface area contributed by atoms with E-state index in [0.717, 1.165) is 13.1 Å². The van der Waals surface area contributed by atoms with Crippen LogP contribution in [0.1, 0.15) is 25.8 Å². The molecule has 1 fully saturated rings. The lowest BCUT2D eigenvalue weighted by Gasteiger charge is -2.35. The number of nitrogens with zero attached hydrogens (tertiary/aromatic N) is 2. The third-order valence-corrected chi connectivity index (χ3v) is 4.55. The van der Waals surface area contributed by atoms with E-state index >= 15 is 0 Å². The Morgan fingerprint density at radius 1 is 1.32 bits per heavy atom. The van der Waals surface area contributed by atoms with E-state index in [9.17, 15) is 14.7 Å². The van der Waals surface area contributed by atoms with Gasteiger partial charge in [-0.05, 0) is 31.9 Å². The molecule has 1 aliphatic heterocycles. The Morgan fingerprint density at radius 2 is 2.00 bits per heavy atom. The zero-order chi connectivity index (χ0) is 18.4. The van der Waals surface area contributed by atoms with Crippen LogP contribution in [0.2, 0.25) is 0 Å². The predicted molar refractivity (Wildman–Crippen MR) is 97.2 cm³/mol. The van der Waals surface area contributed by atoms with Crippen LogP contribution < -0.4 is 5.32 Å². The van der Waals surface area contributed by atoms with Crippen molar-refractivity contribution in [3.05, 3.63) is 35.9 Å². The van der Waals surface area contributed by atoms with Gasteiger partial charge in [0.05, 0.1) is 5.92 Å². The topological polar surface area (TPSA) is 72.9 Å². The van der Waals surface area contributed by atoms with Crippen molar-refractivity contribution in [2.24, 2.45) is 11.8 Å². The first kappa shape index (κ1) is 19.2. The highest BCUT2D eigenvalue weighted by Crippen LogP contribution is 2.21. The molecule has 3 atom stereocenters. The van der Waals surface area contributed by atoms with Crippen molar-refractivity contribution in [2.75, 3.05) is 26.7 Å². The van der Waals surface area contributed by atoms with Gasteiger partial charge in [-0.1, -0.05) is 37.3 Å². The number of nitrogens with one attached hydrogen (secondary N) is 1. The number of rotatable bonds is 6. The summed E-state index contributed by atoms with van der Waals surface area (Å²) < 4.78 is 0. The number of amides is 2. The highest BCUT2D eigenvalue weighted by molar-refractivity contribution is 5.76. The van der Waals surface area contributed by atoms with Crippen molar-refractivity contribution in [1.82, 2.24) is 15.1 Å².